The standard InChI is InChI=1S/C14H16BrFN2/c1-18-13(9-4-3-7-17-8-9)12(15)10-5-2-6-11(16)14(10)18/h2,5-6,9,17H,3-4,7-8H2,1H3. The van der Waals surface area contributed by atoms with E-state index < -0.39 is 0 Å². The smallest absolute Gasteiger partial charge is 0.147 e. The number of piperidine rings is 1. The minimum Gasteiger partial charge on any atom is -0.344 e. The number of nitrogens with one attached hydrogen (secondary N) is 1. The minimum absolute atomic E-state index is 0.147. The van der Waals surface area contributed by atoms with Gasteiger partial charge >= 0.3 is 0 Å². The van der Waals surface area contributed by atoms with Crippen LogP contribution in [0.2, 0.25) is 0 Å². The number of aromatic nitrogens is 1. The van der Waals surface area contributed by atoms with Crippen molar-refractivity contribution in [2.45, 2.75) is 18.8 Å². The number of hydrogen-bond donors (Lipinski definition) is 1. The number of nitrogens with zero attached hydrogens (tertiary/aromatic N) is 1. The third-order valence-electron chi connectivity index (χ3n) is 3.83. The lowest BCUT2D eigenvalue weighted by Gasteiger charge is -2.24. The lowest BCUT2D eigenvalue weighted by atomic mass is 9.96. The molecule has 1 aliphatic rings. The maximum atomic E-state index is 14.0. The highest BCUT2D eigenvalue weighted by molar-refractivity contribution is 9.10. The van der Waals surface area contributed by atoms with Crippen LogP contribution < -0.4 is 5.32 Å². The van der Waals surface area contributed by atoms with Gasteiger partial charge in [0, 0.05) is 35.1 Å². The van der Waals surface area contributed by atoms with Crippen LogP contribution in [0.1, 0.15) is 24.5 Å². The second kappa shape index (κ2) is 4.67. The van der Waals surface area contributed by atoms with Gasteiger partial charge < -0.3 is 9.88 Å². The molecule has 18 heavy (non-hydrogen) atoms. The Morgan fingerprint density at radius 3 is 2.94 bits per heavy atom. The van der Waals surface area contributed by atoms with Gasteiger partial charge in [-0.05, 0) is 41.4 Å². The lowest BCUT2D eigenvalue weighted by molar-refractivity contribution is 0.446. The summed E-state index contributed by atoms with van der Waals surface area (Å²) in [6.07, 6.45) is 2.35. The molecule has 0 aliphatic carbocycles. The predicted molar refractivity (Wildman–Crippen MR) is 75.4 cm³/mol. The van der Waals surface area contributed by atoms with E-state index in [0.717, 1.165) is 29.4 Å². The fraction of sp³-hybridized carbons (Fsp3) is 0.429. The molecule has 2 heterocycles. The van der Waals surface area contributed by atoms with Crippen LogP contribution in [0.25, 0.3) is 10.9 Å². The summed E-state index contributed by atoms with van der Waals surface area (Å²) in [5, 5.41) is 4.39. The minimum atomic E-state index is -0.147. The van der Waals surface area contributed by atoms with E-state index in [1.165, 1.54) is 18.2 Å². The molecule has 1 atom stereocenters. The van der Waals surface area contributed by atoms with E-state index >= 15 is 0 Å². The molecular weight excluding hydrogens is 295 g/mol. The number of benzene rings is 1. The van der Waals surface area contributed by atoms with Gasteiger partial charge in [0.25, 0.3) is 0 Å². The van der Waals surface area contributed by atoms with E-state index in [2.05, 4.69) is 21.2 Å². The number of rotatable bonds is 1. The van der Waals surface area contributed by atoms with E-state index in [1.807, 2.05) is 17.7 Å². The molecule has 1 N–H and O–H groups in total. The van der Waals surface area contributed by atoms with Crippen LogP contribution in [0.5, 0.6) is 0 Å². The maximum Gasteiger partial charge on any atom is 0.147 e. The van der Waals surface area contributed by atoms with Gasteiger partial charge in [-0.3, -0.25) is 0 Å². The largest absolute Gasteiger partial charge is 0.344 e. The fourth-order valence-electron chi connectivity index (χ4n) is 2.98. The summed E-state index contributed by atoms with van der Waals surface area (Å²) in [4.78, 5) is 0. The Balaban J connectivity index is 2.20. The van der Waals surface area contributed by atoms with Crippen LogP contribution in [0.3, 0.4) is 0 Å². The van der Waals surface area contributed by atoms with Crippen molar-refractivity contribution >= 4 is 26.8 Å². The average Bonchev–Trinajstić information content (AvgIpc) is 2.64. The van der Waals surface area contributed by atoms with Crippen molar-refractivity contribution < 1.29 is 4.39 Å². The van der Waals surface area contributed by atoms with Gasteiger partial charge in [-0.15, -0.1) is 0 Å². The van der Waals surface area contributed by atoms with Gasteiger partial charge in [-0.1, -0.05) is 12.1 Å². The Hall–Kier alpha value is -0.870. The Bertz CT molecular complexity index is 585. The molecule has 2 aromatic rings. The van der Waals surface area contributed by atoms with E-state index in [0.29, 0.717) is 11.4 Å². The Kier molecular flexibility index (Phi) is 3.16. The first-order chi connectivity index (χ1) is 8.70. The molecule has 2 nitrogen and oxygen atoms in total. The zero-order valence-corrected chi connectivity index (χ0v) is 11.9. The summed E-state index contributed by atoms with van der Waals surface area (Å²) in [6, 6.07) is 5.27. The molecule has 1 fully saturated rings. The summed E-state index contributed by atoms with van der Waals surface area (Å²) in [5.74, 6) is 0.315. The monoisotopic (exact) mass is 310 g/mol. The van der Waals surface area contributed by atoms with Crippen LogP contribution in [-0.2, 0) is 7.05 Å². The predicted octanol–water partition coefficient (Wildman–Crippen LogP) is 3.55. The van der Waals surface area contributed by atoms with Gasteiger partial charge in [0.2, 0.25) is 0 Å². The zero-order valence-electron chi connectivity index (χ0n) is 10.3. The number of halogens is 2. The van der Waals surface area contributed by atoms with Crippen LogP contribution >= 0.6 is 15.9 Å². The summed E-state index contributed by atoms with van der Waals surface area (Å²) >= 11 is 3.66. The van der Waals surface area contributed by atoms with Crippen LogP contribution in [-0.4, -0.2) is 17.7 Å². The second-order valence-electron chi connectivity index (χ2n) is 4.94. The van der Waals surface area contributed by atoms with Gasteiger partial charge in [-0.25, -0.2) is 4.39 Å². The molecule has 0 bridgehead atoms. The van der Waals surface area contributed by atoms with Crippen molar-refractivity contribution in [3.8, 4) is 0 Å². The van der Waals surface area contributed by atoms with Crippen molar-refractivity contribution in [1.29, 1.82) is 0 Å². The third-order valence-corrected chi connectivity index (χ3v) is 4.66. The molecule has 1 unspecified atom stereocenters. The molecule has 1 saturated heterocycles. The molecule has 1 aromatic heterocycles. The normalized spacial score (nSPS) is 20.5. The Morgan fingerprint density at radius 2 is 2.28 bits per heavy atom. The van der Waals surface area contributed by atoms with E-state index in [1.54, 1.807) is 6.07 Å². The van der Waals surface area contributed by atoms with Gasteiger partial charge in [0.15, 0.2) is 0 Å². The Labute approximate surface area is 114 Å². The highest BCUT2D eigenvalue weighted by Gasteiger charge is 2.24. The van der Waals surface area contributed by atoms with E-state index in [9.17, 15) is 4.39 Å². The van der Waals surface area contributed by atoms with Crippen LogP contribution in [0.15, 0.2) is 22.7 Å². The summed E-state index contributed by atoms with van der Waals surface area (Å²) < 4.78 is 17.0. The van der Waals surface area contributed by atoms with E-state index in [4.69, 9.17) is 0 Å². The third kappa shape index (κ3) is 1.79. The number of aryl methyl sites for hydroxylation is 1. The van der Waals surface area contributed by atoms with Gasteiger partial charge in [0.05, 0.1) is 5.52 Å². The molecule has 0 amide bonds. The molecular formula is C14H16BrFN2. The lowest BCUT2D eigenvalue weighted by Crippen LogP contribution is -2.29. The molecule has 0 saturated carbocycles. The van der Waals surface area contributed by atoms with Crippen molar-refractivity contribution in [3.63, 3.8) is 0 Å². The zero-order chi connectivity index (χ0) is 12.7. The molecule has 0 spiro atoms. The number of fused-ring (bicyclic) bond motifs is 1. The highest BCUT2D eigenvalue weighted by Crippen LogP contribution is 2.37. The summed E-state index contributed by atoms with van der Waals surface area (Å²) in [5.41, 5.74) is 1.91. The van der Waals surface area contributed by atoms with Crippen LogP contribution in [0.4, 0.5) is 4.39 Å². The number of para-hydroxylation sites is 1. The Morgan fingerprint density at radius 1 is 1.44 bits per heavy atom. The van der Waals surface area contributed by atoms with Crippen LogP contribution in [0, 0.1) is 5.82 Å². The molecule has 1 aromatic carbocycles. The van der Waals surface area contributed by atoms with Crippen molar-refractivity contribution in [1.82, 2.24) is 9.88 Å². The highest BCUT2D eigenvalue weighted by atomic mass is 79.9. The summed E-state index contributed by atoms with van der Waals surface area (Å²) in [6.45, 7) is 2.07. The van der Waals surface area contributed by atoms with Crippen molar-refractivity contribution in [2.24, 2.45) is 7.05 Å². The fourth-order valence-corrected chi connectivity index (χ4v) is 3.89. The molecule has 1 aliphatic heterocycles. The molecule has 3 rings (SSSR count). The first kappa shape index (κ1) is 12.2. The molecule has 0 radical (unpaired) electrons. The van der Waals surface area contributed by atoms with Gasteiger partial charge in [0.1, 0.15) is 5.82 Å². The van der Waals surface area contributed by atoms with Crippen molar-refractivity contribution in [2.75, 3.05) is 13.1 Å². The second-order valence-corrected chi connectivity index (χ2v) is 5.73. The molecule has 96 valence electrons. The van der Waals surface area contributed by atoms with Gasteiger partial charge in [-0.2, -0.15) is 0 Å². The molecule has 4 heteroatoms. The maximum absolute atomic E-state index is 14.0. The van der Waals surface area contributed by atoms with Crippen molar-refractivity contribution in [3.05, 3.63) is 34.2 Å². The average molecular weight is 311 g/mol. The first-order valence-corrected chi connectivity index (χ1v) is 7.12. The topological polar surface area (TPSA) is 17.0 Å². The number of hydrogen-bond acceptors (Lipinski definition) is 1. The van der Waals surface area contributed by atoms with E-state index in [-0.39, 0.29) is 5.82 Å². The SMILES string of the molecule is Cn1c(C2CCCNC2)c(Br)c2cccc(F)c21. The summed E-state index contributed by atoms with van der Waals surface area (Å²) in [7, 11) is 1.96. The first-order valence-electron chi connectivity index (χ1n) is 6.33. The quantitative estimate of drug-likeness (QED) is 0.852.